The van der Waals surface area contributed by atoms with Crippen molar-refractivity contribution in [3.05, 3.63) is 17.5 Å². The molecule has 0 aliphatic carbocycles. The molecule has 0 saturated heterocycles. The summed E-state index contributed by atoms with van der Waals surface area (Å²) in [4.78, 5) is 9.83. The van der Waals surface area contributed by atoms with E-state index in [4.69, 9.17) is 0 Å². The van der Waals surface area contributed by atoms with Crippen molar-refractivity contribution < 1.29 is 9.53 Å². The summed E-state index contributed by atoms with van der Waals surface area (Å²) in [6, 6.07) is 2.04. The molecule has 0 aliphatic rings. The van der Waals surface area contributed by atoms with Gasteiger partial charge in [-0.25, -0.2) is 0 Å². The van der Waals surface area contributed by atoms with Crippen LogP contribution in [-0.2, 0) is 23.0 Å². The van der Waals surface area contributed by atoms with E-state index >= 15 is 0 Å². The Hall–Kier alpha value is -1.32. The van der Waals surface area contributed by atoms with Crippen LogP contribution in [0.2, 0.25) is 0 Å². The number of aryl methyl sites for hydroxylation is 3. The highest BCUT2D eigenvalue weighted by molar-refractivity contribution is 5.36. The van der Waals surface area contributed by atoms with Gasteiger partial charge in [-0.15, -0.1) is 0 Å². The third-order valence-electron chi connectivity index (χ3n) is 1.93. The van der Waals surface area contributed by atoms with Gasteiger partial charge in [-0.1, -0.05) is 0 Å². The number of hydrogen-bond donors (Lipinski definition) is 0. The Morgan fingerprint density at radius 1 is 1.69 bits per heavy atom. The van der Waals surface area contributed by atoms with Gasteiger partial charge >= 0.3 is 0 Å². The van der Waals surface area contributed by atoms with Crippen LogP contribution in [0.5, 0.6) is 0 Å². The molecular formula is C9H14N2O2. The normalized spacial score (nSPS) is 10.0. The smallest absolute Gasteiger partial charge is 0.293 e. The molecule has 1 aromatic heterocycles. The zero-order valence-corrected chi connectivity index (χ0v) is 7.99. The average Bonchev–Trinajstić information content (AvgIpc) is 2.41. The third kappa shape index (κ3) is 2.89. The lowest BCUT2D eigenvalue weighted by molar-refractivity contribution is -0.128. The fourth-order valence-corrected chi connectivity index (χ4v) is 1.14. The van der Waals surface area contributed by atoms with E-state index in [1.165, 1.54) is 0 Å². The van der Waals surface area contributed by atoms with E-state index in [9.17, 15) is 4.79 Å². The summed E-state index contributed by atoms with van der Waals surface area (Å²) in [5.41, 5.74) is 2.20. The summed E-state index contributed by atoms with van der Waals surface area (Å²) in [5, 5.41) is 4.28. The van der Waals surface area contributed by atoms with Gasteiger partial charge in [0.25, 0.3) is 6.47 Å². The van der Waals surface area contributed by atoms with Crippen LogP contribution >= 0.6 is 0 Å². The molecule has 0 aliphatic heterocycles. The summed E-state index contributed by atoms with van der Waals surface area (Å²) < 4.78 is 6.42. The zero-order chi connectivity index (χ0) is 9.68. The maximum Gasteiger partial charge on any atom is 0.293 e. The van der Waals surface area contributed by atoms with Crippen LogP contribution < -0.4 is 0 Å². The number of carbonyl (C=O) groups excluding carboxylic acids is 1. The SMILES string of the molecule is Cc1cc(CCCOC=O)nn1C. The van der Waals surface area contributed by atoms with Crippen molar-refractivity contribution in [3.8, 4) is 0 Å². The van der Waals surface area contributed by atoms with Gasteiger partial charge in [0.2, 0.25) is 0 Å². The third-order valence-corrected chi connectivity index (χ3v) is 1.93. The van der Waals surface area contributed by atoms with Crippen LogP contribution in [0.25, 0.3) is 0 Å². The van der Waals surface area contributed by atoms with Crippen molar-refractivity contribution in [2.75, 3.05) is 6.61 Å². The first kappa shape index (κ1) is 9.77. The quantitative estimate of drug-likeness (QED) is 0.500. The minimum atomic E-state index is 0.471. The van der Waals surface area contributed by atoms with E-state index in [0.29, 0.717) is 13.1 Å². The molecule has 0 radical (unpaired) electrons. The second-order valence-corrected chi connectivity index (χ2v) is 2.97. The minimum absolute atomic E-state index is 0.471. The number of aromatic nitrogens is 2. The predicted octanol–water partition coefficient (Wildman–Crippen LogP) is 0.834. The van der Waals surface area contributed by atoms with Crippen molar-refractivity contribution in [1.29, 1.82) is 0 Å². The molecule has 0 N–H and O–H groups in total. The Morgan fingerprint density at radius 3 is 3.00 bits per heavy atom. The maximum atomic E-state index is 9.83. The van der Waals surface area contributed by atoms with Gasteiger partial charge in [-0.3, -0.25) is 9.48 Å². The highest BCUT2D eigenvalue weighted by Gasteiger charge is 2.00. The highest BCUT2D eigenvalue weighted by atomic mass is 16.5. The van der Waals surface area contributed by atoms with E-state index in [-0.39, 0.29) is 0 Å². The van der Waals surface area contributed by atoms with Crippen molar-refractivity contribution in [2.45, 2.75) is 19.8 Å². The molecule has 0 atom stereocenters. The molecule has 1 rings (SSSR count). The van der Waals surface area contributed by atoms with Gasteiger partial charge in [-0.2, -0.15) is 5.10 Å². The van der Waals surface area contributed by atoms with Crippen LogP contribution in [0.1, 0.15) is 17.8 Å². The number of rotatable bonds is 5. The molecule has 0 saturated carbocycles. The molecule has 72 valence electrons. The molecule has 4 heteroatoms. The second kappa shape index (κ2) is 4.64. The molecule has 0 fully saturated rings. The number of ether oxygens (including phenoxy) is 1. The zero-order valence-electron chi connectivity index (χ0n) is 7.99. The van der Waals surface area contributed by atoms with Crippen molar-refractivity contribution >= 4 is 6.47 Å². The summed E-state index contributed by atoms with van der Waals surface area (Å²) in [6.07, 6.45) is 1.69. The van der Waals surface area contributed by atoms with Gasteiger partial charge < -0.3 is 4.74 Å². The number of carbonyl (C=O) groups is 1. The summed E-state index contributed by atoms with van der Waals surface area (Å²) >= 11 is 0. The van der Waals surface area contributed by atoms with E-state index in [0.717, 1.165) is 24.2 Å². The fraction of sp³-hybridized carbons (Fsp3) is 0.556. The lowest BCUT2D eigenvalue weighted by Crippen LogP contribution is -1.97. The second-order valence-electron chi connectivity index (χ2n) is 2.97. The molecule has 4 nitrogen and oxygen atoms in total. The van der Waals surface area contributed by atoms with Crippen LogP contribution in [0, 0.1) is 6.92 Å². The first-order chi connectivity index (χ1) is 6.24. The van der Waals surface area contributed by atoms with E-state index < -0.39 is 0 Å². The van der Waals surface area contributed by atoms with E-state index in [1.807, 2.05) is 24.7 Å². The van der Waals surface area contributed by atoms with Crippen molar-refractivity contribution in [3.63, 3.8) is 0 Å². The minimum Gasteiger partial charge on any atom is -0.468 e. The Labute approximate surface area is 77.5 Å². The predicted molar refractivity (Wildman–Crippen MR) is 48.3 cm³/mol. The average molecular weight is 182 g/mol. The van der Waals surface area contributed by atoms with Crippen LogP contribution in [0.3, 0.4) is 0 Å². The summed E-state index contributed by atoms with van der Waals surface area (Å²) in [5.74, 6) is 0. The Morgan fingerprint density at radius 2 is 2.46 bits per heavy atom. The molecule has 13 heavy (non-hydrogen) atoms. The van der Waals surface area contributed by atoms with Gasteiger partial charge in [0.15, 0.2) is 0 Å². The van der Waals surface area contributed by atoms with E-state index in [1.54, 1.807) is 0 Å². The molecule has 0 spiro atoms. The fourth-order valence-electron chi connectivity index (χ4n) is 1.14. The Bertz CT molecular complexity index is 262. The molecular weight excluding hydrogens is 168 g/mol. The molecule has 1 heterocycles. The first-order valence-electron chi connectivity index (χ1n) is 4.29. The lowest BCUT2D eigenvalue weighted by Gasteiger charge is -1.95. The number of nitrogens with zero attached hydrogens (tertiary/aromatic N) is 2. The van der Waals surface area contributed by atoms with Crippen LogP contribution in [0.15, 0.2) is 6.07 Å². The van der Waals surface area contributed by atoms with Gasteiger partial charge in [0, 0.05) is 12.7 Å². The standard InChI is InChI=1S/C9H14N2O2/c1-8-6-9(10-11(8)2)4-3-5-13-7-12/h6-7H,3-5H2,1-2H3. The molecule has 0 amide bonds. The van der Waals surface area contributed by atoms with Crippen LogP contribution in [-0.4, -0.2) is 22.9 Å². The van der Waals surface area contributed by atoms with Crippen molar-refractivity contribution in [2.24, 2.45) is 7.05 Å². The monoisotopic (exact) mass is 182 g/mol. The van der Waals surface area contributed by atoms with Gasteiger partial charge in [-0.05, 0) is 25.8 Å². The van der Waals surface area contributed by atoms with Gasteiger partial charge in [0.05, 0.1) is 12.3 Å². The molecule has 1 aromatic rings. The van der Waals surface area contributed by atoms with Crippen LogP contribution in [0.4, 0.5) is 0 Å². The first-order valence-corrected chi connectivity index (χ1v) is 4.29. The van der Waals surface area contributed by atoms with Crippen molar-refractivity contribution in [1.82, 2.24) is 9.78 Å². The Kier molecular flexibility index (Phi) is 3.49. The van der Waals surface area contributed by atoms with Gasteiger partial charge in [0.1, 0.15) is 0 Å². The molecule has 0 aromatic carbocycles. The number of hydrogen-bond acceptors (Lipinski definition) is 3. The largest absolute Gasteiger partial charge is 0.468 e. The topological polar surface area (TPSA) is 44.1 Å². The Balaban J connectivity index is 2.32. The maximum absolute atomic E-state index is 9.83. The lowest BCUT2D eigenvalue weighted by atomic mass is 10.2. The molecule has 0 bridgehead atoms. The highest BCUT2D eigenvalue weighted by Crippen LogP contribution is 2.03. The summed E-state index contributed by atoms with van der Waals surface area (Å²) in [6.45, 7) is 2.96. The molecule has 0 unspecified atom stereocenters. The van der Waals surface area contributed by atoms with E-state index in [2.05, 4.69) is 9.84 Å². The summed E-state index contributed by atoms with van der Waals surface area (Å²) in [7, 11) is 1.92.